The van der Waals surface area contributed by atoms with Crippen LogP contribution in [0.5, 0.6) is 11.5 Å². The molecule has 16 heavy (non-hydrogen) atoms. The SMILES string of the molecule is COc1c(F)cc(F)c(CN=C=O)c1OC. The van der Waals surface area contributed by atoms with Gasteiger partial charge in [0.15, 0.2) is 17.3 Å². The van der Waals surface area contributed by atoms with Gasteiger partial charge in [0.2, 0.25) is 6.08 Å². The van der Waals surface area contributed by atoms with Crippen LogP contribution in [0.25, 0.3) is 0 Å². The Morgan fingerprint density at radius 3 is 2.38 bits per heavy atom. The second-order valence-electron chi connectivity index (χ2n) is 2.79. The molecular formula is C10H9F2NO3. The van der Waals surface area contributed by atoms with Crippen LogP contribution < -0.4 is 9.47 Å². The highest BCUT2D eigenvalue weighted by Gasteiger charge is 2.19. The standard InChI is InChI=1S/C10H9F2NO3/c1-15-9-6(4-13-5-14)7(11)3-8(12)10(9)16-2/h3H,4H2,1-2H3. The van der Waals surface area contributed by atoms with Crippen molar-refractivity contribution in [3.63, 3.8) is 0 Å². The smallest absolute Gasteiger partial charge is 0.235 e. The fraction of sp³-hybridized carbons (Fsp3) is 0.300. The first-order valence-corrected chi connectivity index (χ1v) is 4.28. The van der Waals surface area contributed by atoms with Gasteiger partial charge in [-0.15, -0.1) is 0 Å². The molecule has 6 heteroatoms. The summed E-state index contributed by atoms with van der Waals surface area (Å²) >= 11 is 0. The topological polar surface area (TPSA) is 47.9 Å². The monoisotopic (exact) mass is 229 g/mol. The zero-order chi connectivity index (χ0) is 12.1. The molecule has 0 saturated heterocycles. The summed E-state index contributed by atoms with van der Waals surface area (Å²) in [5, 5.41) is 0. The first kappa shape index (κ1) is 12.1. The largest absolute Gasteiger partial charge is 0.492 e. The van der Waals surface area contributed by atoms with Gasteiger partial charge in [-0.3, -0.25) is 0 Å². The lowest BCUT2D eigenvalue weighted by atomic mass is 10.1. The second kappa shape index (κ2) is 5.23. The Hall–Kier alpha value is -1.94. The number of methoxy groups -OCH3 is 2. The fourth-order valence-electron chi connectivity index (χ4n) is 1.28. The van der Waals surface area contributed by atoms with Gasteiger partial charge in [-0.25, -0.2) is 18.6 Å². The first-order chi connectivity index (χ1) is 7.65. The predicted octanol–water partition coefficient (Wildman–Crippen LogP) is 1.82. The minimum absolute atomic E-state index is 0.0518. The molecule has 0 saturated carbocycles. The summed E-state index contributed by atoms with van der Waals surface area (Å²) in [7, 11) is 2.47. The van der Waals surface area contributed by atoms with Gasteiger partial charge in [0, 0.05) is 6.07 Å². The van der Waals surface area contributed by atoms with Gasteiger partial charge in [0.1, 0.15) is 5.82 Å². The van der Waals surface area contributed by atoms with Crippen molar-refractivity contribution < 1.29 is 23.0 Å². The third kappa shape index (κ3) is 2.17. The molecule has 0 N–H and O–H groups in total. The average Bonchev–Trinajstić information content (AvgIpc) is 2.27. The van der Waals surface area contributed by atoms with Crippen LogP contribution in [0.1, 0.15) is 5.56 Å². The van der Waals surface area contributed by atoms with Crippen LogP contribution in [-0.2, 0) is 11.3 Å². The number of ether oxygens (including phenoxy) is 2. The summed E-state index contributed by atoms with van der Waals surface area (Å²) in [5.74, 6) is -2.07. The number of carbonyl (C=O) groups excluding carboxylic acids is 1. The van der Waals surface area contributed by atoms with Crippen LogP contribution in [0.3, 0.4) is 0 Å². The molecule has 0 radical (unpaired) electrons. The molecular weight excluding hydrogens is 220 g/mol. The molecule has 4 nitrogen and oxygen atoms in total. The highest BCUT2D eigenvalue weighted by atomic mass is 19.1. The number of aliphatic imine (C=N–C) groups is 1. The van der Waals surface area contributed by atoms with Crippen LogP contribution in [0.2, 0.25) is 0 Å². The van der Waals surface area contributed by atoms with E-state index in [1.54, 1.807) is 0 Å². The fourth-order valence-corrected chi connectivity index (χ4v) is 1.28. The van der Waals surface area contributed by atoms with E-state index < -0.39 is 11.6 Å². The normalized spacial score (nSPS) is 9.50. The Morgan fingerprint density at radius 2 is 1.88 bits per heavy atom. The molecule has 1 aromatic rings. The van der Waals surface area contributed by atoms with Gasteiger partial charge >= 0.3 is 0 Å². The molecule has 0 unspecified atom stereocenters. The Bertz CT molecular complexity index is 442. The third-order valence-corrected chi connectivity index (χ3v) is 1.95. The summed E-state index contributed by atoms with van der Waals surface area (Å²) in [6, 6.07) is 0.650. The van der Waals surface area contributed by atoms with Gasteiger partial charge in [-0.05, 0) is 0 Å². The van der Waals surface area contributed by atoms with Crippen molar-refractivity contribution in [2.45, 2.75) is 6.54 Å². The Balaban J connectivity index is 3.38. The molecule has 1 rings (SSSR count). The van der Waals surface area contributed by atoms with Gasteiger partial charge in [-0.1, -0.05) is 0 Å². The van der Waals surface area contributed by atoms with E-state index in [1.807, 2.05) is 0 Å². The van der Waals surface area contributed by atoms with Gasteiger partial charge in [-0.2, -0.15) is 0 Å². The van der Waals surface area contributed by atoms with E-state index in [4.69, 9.17) is 9.47 Å². The van der Waals surface area contributed by atoms with E-state index in [0.717, 1.165) is 0 Å². The Labute approximate surface area is 90.5 Å². The van der Waals surface area contributed by atoms with E-state index in [2.05, 4.69) is 4.99 Å². The molecule has 0 aliphatic heterocycles. The van der Waals surface area contributed by atoms with Crippen LogP contribution >= 0.6 is 0 Å². The summed E-state index contributed by atoms with van der Waals surface area (Å²) < 4.78 is 36.2. The molecule has 0 heterocycles. The maximum absolute atomic E-state index is 13.4. The maximum atomic E-state index is 13.4. The minimum Gasteiger partial charge on any atom is -0.492 e. The molecule has 0 amide bonds. The van der Waals surface area contributed by atoms with Gasteiger partial charge in [0.05, 0.1) is 26.3 Å². The summed E-state index contributed by atoms with van der Waals surface area (Å²) in [6.45, 7) is -0.283. The van der Waals surface area contributed by atoms with Gasteiger partial charge in [0.25, 0.3) is 0 Å². The number of rotatable bonds is 4. The van der Waals surface area contributed by atoms with E-state index >= 15 is 0 Å². The van der Waals surface area contributed by atoms with Crippen LogP contribution in [0, 0.1) is 11.6 Å². The average molecular weight is 229 g/mol. The molecule has 0 aliphatic carbocycles. The lowest BCUT2D eigenvalue weighted by molar-refractivity contribution is 0.330. The highest BCUT2D eigenvalue weighted by molar-refractivity contribution is 5.49. The van der Waals surface area contributed by atoms with Crippen molar-refractivity contribution in [1.29, 1.82) is 0 Å². The van der Waals surface area contributed by atoms with Crippen molar-refractivity contribution in [3.8, 4) is 11.5 Å². The number of hydrogen-bond acceptors (Lipinski definition) is 4. The Morgan fingerprint density at radius 1 is 1.25 bits per heavy atom. The number of benzene rings is 1. The van der Waals surface area contributed by atoms with Crippen molar-refractivity contribution in [3.05, 3.63) is 23.3 Å². The summed E-state index contributed by atoms with van der Waals surface area (Å²) in [5.41, 5.74) is -0.0518. The zero-order valence-corrected chi connectivity index (χ0v) is 8.71. The van der Waals surface area contributed by atoms with Gasteiger partial charge < -0.3 is 9.47 Å². The van der Waals surface area contributed by atoms with Crippen LogP contribution in [-0.4, -0.2) is 20.3 Å². The number of nitrogens with zero attached hydrogens (tertiary/aromatic N) is 1. The lowest BCUT2D eigenvalue weighted by Gasteiger charge is -2.12. The van der Waals surface area contributed by atoms with E-state index in [-0.39, 0.29) is 23.6 Å². The number of hydrogen-bond donors (Lipinski definition) is 0. The molecule has 1 aromatic carbocycles. The molecule has 0 bridgehead atoms. The number of halogens is 2. The summed E-state index contributed by atoms with van der Waals surface area (Å²) in [6.07, 6.45) is 1.27. The van der Waals surface area contributed by atoms with Crippen molar-refractivity contribution in [2.24, 2.45) is 4.99 Å². The lowest BCUT2D eigenvalue weighted by Crippen LogP contribution is -2.01. The zero-order valence-electron chi connectivity index (χ0n) is 8.71. The summed E-state index contributed by atoms with van der Waals surface area (Å²) in [4.78, 5) is 13.2. The molecule has 0 spiro atoms. The highest BCUT2D eigenvalue weighted by Crippen LogP contribution is 2.35. The van der Waals surface area contributed by atoms with Crippen molar-refractivity contribution >= 4 is 6.08 Å². The first-order valence-electron chi connectivity index (χ1n) is 4.28. The second-order valence-corrected chi connectivity index (χ2v) is 2.79. The Kier molecular flexibility index (Phi) is 3.96. The predicted molar refractivity (Wildman–Crippen MR) is 51.3 cm³/mol. The molecule has 0 atom stereocenters. The van der Waals surface area contributed by atoms with E-state index in [1.165, 1.54) is 20.3 Å². The third-order valence-electron chi connectivity index (χ3n) is 1.95. The van der Waals surface area contributed by atoms with E-state index in [9.17, 15) is 13.6 Å². The van der Waals surface area contributed by atoms with Crippen LogP contribution in [0.4, 0.5) is 8.78 Å². The molecule has 86 valence electrons. The van der Waals surface area contributed by atoms with Crippen LogP contribution in [0.15, 0.2) is 11.1 Å². The number of isocyanates is 1. The molecule has 0 aliphatic rings. The van der Waals surface area contributed by atoms with E-state index in [0.29, 0.717) is 6.07 Å². The van der Waals surface area contributed by atoms with Crippen molar-refractivity contribution in [2.75, 3.05) is 14.2 Å². The van der Waals surface area contributed by atoms with Crippen molar-refractivity contribution in [1.82, 2.24) is 0 Å². The molecule has 0 fully saturated rings. The quantitative estimate of drug-likeness (QED) is 0.584. The maximum Gasteiger partial charge on any atom is 0.235 e. The molecule has 0 aromatic heterocycles. The minimum atomic E-state index is -0.879.